The Balaban J connectivity index is 2.40. The van der Waals surface area contributed by atoms with E-state index in [0.29, 0.717) is 0 Å². The zero-order valence-corrected chi connectivity index (χ0v) is 10.7. The van der Waals surface area contributed by atoms with Gasteiger partial charge in [-0.15, -0.1) is 6.42 Å². The largest absolute Gasteiger partial charge is 0.115 e. The predicted molar refractivity (Wildman–Crippen MR) is 71.9 cm³/mol. The highest BCUT2D eigenvalue weighted by atomic mass is 35.5. The van der Waals surface area contributed by atoms with Gasteiger partial charge in [-0.05, 0) is 30.5 Å². The van der Waals surface area contributed by atoms with Gasteiger partial charge in [0.05, 0.1) is 0 Å². The first-order valence-corrected chi connectivity index (χ1v) is 6.40. The maximum Gasteiger partial charge on any atom is 0.0450 e. The highest BCUT2D eigenvalue weighted by Crippen LogP contribution is 2.20. The van der Waals surface area contributed by atoms with E-state index in [1.165, 1.54) is 37.7 Å². The van der Waals surface area contributed by atoms with Crippen LogP contribution in [-0.2, 0) is 6.42 Å². The molecule has 0 amide bonds. The molecule has 0 aliphatic rings. The highest BCUT2D eigenvalue weighted by Gasteiger charge is 2.00. The SMILES string of the molecule is C#Cc1ccc(CCCCCCC)c(Cl)c1. The third-order valence-corrected chi connectivity index (χ3v) is 3.12. The van der Waals surface area contributed by atoms with Crippen molar-refractivity contribution in [2.24, 2.45) is 0 Å². The van der Waals surface area contributed by atoms with Gasteiger partial charge in [-0.1, -0.05) is 56.2 Å². The molecule has 0 aliphatic heterocycles. The minimum Gasteiger partial charge on any atom is -0.115 e. The highest BCUT2D eigenvalue weighted by molar-refractivity contribution is 6.31. The van der Waals surface area contributed by atoms with E-state index >= 15 is 0 Å². The maximum absolute atomic E-state index is 6.15. The summed E-state index contributed by atoms with van der Waals surface area (Å²) in [6.07, 6.45) is 12.8. The first-order valence-electron chi connectivity index (χ1n) is 6.03. The first-order chi connectivity index (χ1) is 7.77. The van der Waals surface area contributed by atoms with E-state index in [1.807, 2.05) is 12.1 Å². The lowest BCUT2D eigenvalue weighted by Gasteiger charge is -2.04. The van der Waals surface area contributed by atoms with Crippen LogP contribution in [0.2, 0.25) is 5.02 Å². The molecule has 86 valence electrons. The zero-order valence-electron chi connectivity index (χ0n) is 9.93. The summed E-state index contributed by atoms with van der Waals surface area (Å²) in [5.74, 6) is 2.59. The second kappa shape index (κ2) is 7.36. The Kier molecular flexibility index (Phi) is 6.04. The van der Waals surface area contributed by atoms with E-state index < -0.39 is 0 Å². The lowest BCUT2D eigenvalue weighted by Crippen LogP contribution is -1.88. The second-order valence-corrected chi connectivity index (χ2v) is 4.52. The number of hydrogen-bond donors (Lipinski definition) is 0. The van der Waals surface area contributed by atoms with Crippen molar-refractivity contribution in [1.29, 1.82) is 0 Å². The van der Waals surface area contributed by atoms with Crippen LogP contribution in [-0.4, -0.2) is 0 Å². The van der Waals surface area contributed by atoms with Crippen molar-refractivity contribution in [3.63, 3.8) is 0 Å². The van der Waals surface area contributed by atoms with E-state index in [4.69, 9.17) is 18.0 Å². The van der Waals surface area contributed by atoms with Gasteiger partial charge >= 0.3 is 0 Å². The van der Waals surface area contributed by atoms with Crippen LogP contribution >= 0.6 is 11.6 Å². The van der Waals surface area contributed by atoms with E-state index in [2.05, 4.69) is 18.9 Å². The molecule has 0 saturated carbocycles. The maximum atomic E-state index is 6.15. The molecular weight excluding hydrogens is 216 g/mol. The van der Waals surface area contributed by atoms with Crippen molar-refractivity contribution in [2.45, 2.75) is 45.4 Å². The fourth-order valence-corrected chi connectivity index (χ4v) is 2.03. The molecule has 0 radical (unpaired) electrons. The summed E-state index contributed by atoms with van der Waals surface area (Å²) in [6, 6.07) is 5.90. The van der Waals surface area contributed by atoms with Crippen LogP contribution in [0.5, 0.6) is 0 Å². The lowest BCUT2D eigenvalue weighted by molar-refractivity contribution is 0.632. The van der Waals surface area contributed by atoms with Gasteiger partial charge in [0.2, 0.25) is 0 Å². The fourth-order valence-electron chi connectivity index (χ4n) is 1.76. The minimum absolute atomic E-state index is 0.811. The molecule has 0 unspecified atom stereocenters. The summed E-state index contributed by atoms with van der Waals surface area (Å²) in [5, 5.41) is 0.811. The van der Waals surface area contributed by atoms with Crippen molar-refractivity contribution in [2.75, 3.05) is 0 Å². The number of benzene rings is 1. The average Bonchev–Trinajstić information content (AvgIpc) is 2.30. The molecule has 1 rings (SSSR count). The van der Waals surface area contributed by atoms with Crippen molar-refractivity contribution < 1.29 is 0 Å². The van der Waals surface area contributed by atoms with Crippen molar-refractivity contribution in [3.8, 4) is 12.3 Å². The summed E-state index contributed by atoms with van der Waals surface area (Å²) in [5.41, 5.74) is 2.08. The Labute approximate surface area is 104 Å². The van der Waals surface area contributed by atoms with Gasteiger partial charge in [-0.3, -0.25) is 0 Å². The van der Waals surface area contributed by atoms with Crippen LogP contribution in [0.15, 0.2) is 18.2 Å². The average molecular weight is 235 g/mol. The van der Waals surface area contributed by atoms with Crippen LogP contribution in [0.3, 0.4) is 0 Å². The fraction of sp³-hybridized carbons (Fsp3) is 0.467. The molecule has 1 aromatic rings. The van der Waals surface area contributed by atoms with Gasteiger partial charge in [-0.25, -0.2) is 0 Å². The van der Waals surface area contributed by atoms with E-state index in [1.54, 1.807) is 0 Å². The molecule has 0 saturated heterocycles. The number of rotatable bonds is 6. The predicted octanol–water partition coefficient (Wildman–Crippen LogP) is 4.83. The van der Waals surface area contributed by atoms with Gasteiger partial charge in [0.1, 0.15) is 0 Å². The van der Waals surface area contributed by atoms with Crippen LogP contribution in [0.4, 0.5) is 0 Å². The topological polar surface area (TPSA) is 0 Å². The Hall–Kier alpha value is -0.930. The van der Waals surface area contributed by atoms with Crippen LogP contribution in [0.1, 0.15) is 50.2 Å². The standard InChI is InChI=1S/C15H19Cl/c1-3-5-6-7-8-9-14-11-10-13(4-2)12-15(14)16/h2,10-12H,3,5-9H2,1H3. The number of terminal acetylenes is 1. The van der Waals surface area contributed by atoms with Crippen LogP contribution in [0.25, 0.3) is 0 Å². The molecule has 0 bridgehead atoms. The summed E-state index contributed by atoms with van der Waals surface area (Å²) < 4.78 is 0. The smallest absolute Gasteiger partial charge is 0.0450 e. The number of unbranched alkanes of at least 4 members (excludes halogenated alkanes) is 4. The summed E-state index contributed by atoms with van der Waals surface area (Å²) in [4.78, 5) is 0. The Bertz CT molecular complexity index is 360. The number of hydrogen-bond acceptors (Lipinski definition) is 0. The third kappa shape index (κ3) is 4.29. The molecule has 1 aromatic carbocycles. The summed E-state index contributed by atoms with van der Waals surface area (Å²) in [6.45, 7) is 2.23. The molecule has 0 aromatic heterocycles. The zero-order chi connectivity index (χ0) is 11.8. The minimum atomic E-state index is 0.811. The number of aryl methyl sites for hydroxylation is 1. The molecule has 0 aliphatic carbocycles. The summed E-state index contributed by atoms with van der Waals surface area (Å²) >= 11 is 6.15. The Morgan fingerprint density at radius 3 is 2.56 bits per heavy atom. The van der Waals surface area contributed by atoms with Gasteiger partial charge < -0.3 is 0 Å². The van der Waals surface area contributed by atoms with Gasteiger partial charge in [0.25, 0.3) is 0 Å². The summed E-state index contributed by atoms with van der Waals surface area (Å²) in [7, 11) is 0. The molecule has 0 fully saturated rings. The van der Waals surface area contributed by atoms with Crippen LogP contribution < -0.4 is 0 Å². The van der Waals surface area contributed by atoms with Crippen molar-refractivity contribution >= 4 is 11.6 Å². The molecular formula is C15H19Cl. The molecule has 0 atom stereocenters. The van der Waals surface area contributed by atoms with Gasteiger partial charge in [0.15, 0.2) is 0 Å². The monoisotopic (exact) mass is 234 g/mol. The molecule has 0 spiro atoms. The Morgan fingerprint density at radius 1 is 1.19 bits per heavy atom. The van der Waals surface area contributed by atoms with Gasteiger partial charge in [0, 0.05) is 10.6 Å². The van der Waals surface area contributed by atoms with E-state index in [-0.39, 0.29) is 0 Å². The molecule has 16 heavy (non-hydrogen) atoms. The third-order valence-electron chi connectivity index (χ3n) is 2.77. The normalized spacial score (nSPS) is 10.1. The second-order valence-electron chi connectivity index (χ2n) is 4.11. The molecule has 0 nitrogen and oxygen atoms in total. The van der Waals surface area contributed by atoms with Crippen molar-refractivity contribution in [1.82, 2.24) is 0 Å². The van der Waals surface area contributed by atoms with Crippen molar-refractivity contribution in [3.05, 3.63) is 34.3 Å². The first kappa shape index (κ1) is 13.1. The lowest BCUT2D eigenvalue weighted by atomic mass is 10.0. The van der Waals surface area contributed by atoms with Gasteiger partial charge in [-0.2, -0.15) is 0 Å². The van der Waals surface area contributed by atoms with Crippen LogP contribution in [0, 0.1) is 12.3 Å². The quantitative estimate of drug-likeness (QED) is 0.488. The molecule has 0 N–H and O–H groups in total. The molecule has 1 heteroatoms. The van der Waals surface area contributed by atoms with E-state index in [0.717, 1.165) is 17.0 Å². The Morgan fingerprint density at radius 2 is 1.94 bits per heavy atom. The van der Waals surface area contributed by atoms with E-state index in [9.17, 15) is 0 Å². The molecule has 0 heterocycles. The number of halogens is 1.